The Kier molecular flexibility index (Phi) is 11.7. The SMILES string of the molecule is Cc1cn([C@H]2C[C@H](O)[C@@H](COP(=O)(O)OCc3ccc(-c4c5nc(c(-c6ccccn6)c6ccc([nH]6)c(-c6ccccn6)c6nc(c(-c7ccccn7)c7ccc4[nH]7)C=C6)C=C5)cc3)O2)c(=O)[nH]c1=O. The van der Waals surface area contributed by atoms with E-state index in [4.69, 9.17) is 38.7 Å². The highest BCUT2D eigenvalue weighted by atomic mass is 31.2. The summed E-state index contributed by atoms with van der Waals surface area (Å²) in [6.45, 7) is 0.756. The van der Waals surface area contributed by atoms with Crippen molar-refractivity contribution in [1.29, 1.82) is 0 Å². The van der Waals surface area contributed by atoms with Crippen molar-refractivity contribution in [1.82, 2.24) is 44.4 Å². The molecule has 1 unspecified atom stereocenters. The lowest BCUT2D eigenvalue weighted by atomic mass is 10.0. The van der Waals surface area contributed by atoms with Crippen molar-refractivity contribution in [3.63, 3.8) is 0 Å². The molecule has 8 aromatic rings. The molecular weight excluding hydrogens is 910 g/mol. The van der Waals surface area contributed by atoms with Crippen LogP contribution in [-0.4, -0.2) is 73.3 Å². The van der Waals surface area contributed by atoms with Crippen molar-refractivity contribution < 1.29 is 28.3 Å². The number of aryl methyl sites for hydroxylation is 1. The third-order valence-electron chi connectivity index (χ3n) is 12.2. The van der Waals surface area contributed by atoms with Gasteiger partial charge in [-0.1, -0.05) is 42.5 Å². The van der Waals surface area contributed by atoms with Crippen molar-refractivity contribution in [3.05, 3.63) is 183 Å². The summed E-state index contributed by atoms with van der Waals surface area (Å²) in [6, 6.07) is 32.7. The van der Waals surface area contributed by atoms with E-state index in [1.807, 2.05) is 115 Å². The van der Waals surface area contributed by atoms with Gasteiger partial charge in [-0.25, -0.2) is 19.3 Å². The highest BCUT2D eigenvalue weighted by Crippen LogP contribution is 2.45. The first-order chi connectivity index (χ1) is 34.0. The molecule has 348 valence electrons. The second-order valence-corrected chi connectivity index (χ2v) is 18.2. The van der Waals surface area contributed by atoms with Crippen LogP contribution in [0.3, 0.4) is 0 Å². The van der Waals surface area contributed by atoms with Gasteiger partial charge in [0, 0.05) is 64.5 Å². The van der Waals surface area contributed by atoms with Crippen LogP contribution in [0.25, 0.3) is 91.3 Å². The largest absolute Gasteiger partial charge is 0.472 e. The average Bonchev–Trinajstić information content (AvgIpc) is 4.25. The minimum absolute atomic E-state index is 0.00719. The molecule has 1 aromatic carbocycles. The fraction of sp³-hybridized carbons (Fsp3) is 0.135. The Balaban J connectivity index is 0.973. The maximum absolute atomic E-state index is 13.1. The van der Waals surface area contributed by atoms with E-state index in [-0.39, 0.29) is 18.6 Å². The number of ether oxygens (including phenoxy) is 1. The van der Waals surface area contributed by atoms with Crippen LogP contribution in [0.1, 0.15) is 46.6 Å². The molecule has 0 radical (unpaired) electrons. The molecule has 5 N–H and O–H groups in total. The quantitative estimate of drug-likeness (QED) is 0.0765. The zero-order valence-corrected chi connectivity index (χ0v) is 38.2. The molecule has 18 heteroatoms. The van der Waals surface area contributed by atoms with Crippen LogP contribution < -0.4 is 11.2 Å². The number of H-pyrrole nitrogens is 3. The van der Waals surface area contributed by atoms with Crippen LogP contribution in [0.2, 0.25) is 0 Å². The summed E-state index contributed by atoms with van der Waals surface area (Å²) in [5.41, 5.74) is 11.6. The van der Waals surface area contributed by atoms with Crippen LogP contribution in [0.5, 0.6) is 0 Å². The Morgan fingerprint density at radius 1 is 0.657 bits per heavy atom. The summed E-state index contributed by atoms with van der Waals surface area (Å²) in [7, 11) is -4.66. The van der Waals surface area contributed by atoms with Gasteiger partial charge in [0.1, 0.15) is 12.3 Å². The van der Waals surface area contributed by atoms with Crippen LogP contribution >= 0.6 is 7.82 Å². The zero-order chi connectivity index (χ0) is 47.9. The van der Waals surface area contributed by atoms with E-state index in [9.17, 15) is 24.2 Å². The number of benzene rings is 1. The minimum atomic E-state index is -4.66. The molecule has 3 aliphatic rings. The molecule has 0 saturated carbocycles. The fourth-order valence-electron chi connectivity index (χ4n) is 8.81. The summed E-state index contributed by atoms with van der Waals surface area (Å²) in [4.78, 5) is 69.4. The molecule has 70 heavy (non-hydrogen) atoms. The van der Waals surface area contributed by atoms with Gasteiger partial charge in [0.05, 0.1) is 75.7 Å². The first-order valence-corrected chi connectivity index (χ1v) is 23.8. The van der Waals surface area contributed by atoms with Gasteiger partial charge in [-0.2, -0.15) is 0 Å². The van der Waals surface area contributed by atoms with Crippen LogP contribution in [0.15, 0.2) is 138 Å². The molecule has 7 aromatic heterocycles. The molecule has 10 heterocycles. The molecule has 1 fully saturated rings. The predicted octanol–water partition coefficient (Wildman–Crippen LogP) is 8.65. The third-order valence-corrected chi connectivity index (χ3v) is 13.1. The number of phosphoric acid groups is 1. The number of aliphatic hydroxyl groups is 1. The smallest absolute Gasteiger partial charge is 0.390 e. The maximum atomic E-state index is 13.1. The molecule has 8 bridgehead atoms. The lowest BCUT2D eigenvalue weighted by molar-refractivity contribution is -0.0468. The number of aromatic amines is 3. The molecule has 0 spiro atoms. The number of hydrogen-bond donors (Lipinski definition) is 5. The van der Waals surface area contributed by atoms with Crippen molar-refractivity contribution in [2.45, 2.75) is 38.4 Å². The number of nitrogens with one attached hydrogen (secondary N) is 3. The molecule has 1 saturated heterocycles. The van der Waals surface area contributed by atoms with E-state index < -0.39 is 44.1 Å². The number of nitrogens with zero attached hydrogens (tertiary/aromatic N) is 6. The number of pyridine rings is 3. The van der Waals surface area contributed by atoms with Gasteiger partial charge in [-0.15, -0.1) is 0 Å². The summed E-state index contributed by atoms with van der Waals surface area (Å²) in [5, 5.41) is 10.7. The van der Waals surface area contributed by atoms with Gasteiger partial charge in [0.25, 0.3) is 5.56 Å². The summed E-state index contributed by atoms with van der Waals surface area (Å²) < 4.78 is 30.7. The van der Waals surface area contributed by atoms with E-state index in [0.29, 0.717) is 22.6 Å². The average molecular weight is 952 g/mol. The normalized spacial score (nSPS) is 17.2. The molecule has 11 rings (SSSR count). The molecular formula is C52H42N9O8P. The van der Waals surface area contributed by atoms with E-state index in [2.05, 4.69) is 15.0 Å². The zero-order valence-electron chi connectivity index (χ0n) is 37.3. The van der Waals surface area contributed by atoms with Gasteiger partial charge in [-0.3, -0.25) is 38.3 Å². The Morgan fingerprint density at radius 2 is 1.14 bits per heavy atom. The van der Waals surface area contributed by atoms with Crippen molar-refractivity contribution >= 4 is 54.2 Å². The van der Waals surface area contributed by atoms with Gasteiger partial charge in [-0.05, 0) is 103 Å². The maximum Gasteiger partial charge on any atom is 0.472 e. The standard InChI is InChI=1S/C52H42N9O8P/c1-30-27-61(52(64)60-51(30)63)46-26-44(62)45(69-46)29-68-70(65,66)67-28-31-11-13-32(14-12-31)47-36-15-17-38(56-36)48(33-8-2-5-23-53-33)40-19-21-42(58-40)50(35-10-4-7-25-55-35)43-22-20-41(59-43)49(34-9-3-6-24-54-34)39-18-16-37(47)57-39/h2-25,27,44-46,56,59,62H,26,28-29H2,1H3,(H,65,66)(H,60,63,64)/t44-,45+,46+/m0/s1. The number of hydrogen-bond acceptors (Lipinski definition) is 12. The second-order valence-electron chi connectivity index (χ2n) is 16.8. The van der Waals surface area contributed by atoms with Crippen LogP contribution in [0, 0.1) is 6.92 Å². The van der Waals surface area contributed by atoms with Crippen LogP contribution in [-0.2, 0) is 25.0 Å². The molecule has 17 nitrogen and oxygen atoms in total. The Labute approximate surface area is 398 Å². The van der Waals surface area contributed by atoms with Crippen molar-refractivity contribution in [2.75, 3.05) is 6.61 Å². The fourth-order valence-corrected chi connectivity index (χ4v) is 9.54. The first-order valence-electron chi connectivity index (χ1n) is 22.3. The Bertz CT molecular complexity index is 3670. The Hall–Kier alpha value is -8.02. The molecule has 4 atom stereocenters. The van der Waals surface area contributed by atoms with Gasteiger partial charge < -0.3 is 24.7 Å². The van der Waals surface area contributed by atoms with E-state index in [1.54, 1.807) is 30.7 Å². The number of aromatic nitrogens is 9. The highest BCUT2D eigenvalue weighted by molar-refractivity contribution is 7.47. The van der Waals surface area contributed by atoms with Crippen molar-refractivity contribution in [3.8, 4) is 44.9 Å². The van der Waals surface area contributed by atoms with Gasteiger partial charge in [0.15, 0.2) is 0 Å². The lowest BCUT2D eigenvalue weighted by Gasteiger charge is -2.18. The highest BCUT2D eigenvalue weighted by Gasteiger charge is 2.38. The van der Waals surface area contributed by atoms with E-state index in [0.717, 1.165) is 77.2 Å². The van der Waals surface area contributed by atoms with Gasteiger partial charge >= 0.3 is 13.5 Å². The van der Waals surface area contributed by atoms with Crippen LogP contribution in [0.4, 0.5) is 0 Å². The summed E-state index contributed by atoms with van der Waals surface area (Å²) >= 11 is 0. The summed E-state index contributed by atoms with van der Waals surface area (Å²) in [6.07, 6.45) is 11.4. The second kappa shape index (κ2) is 18.5. The van der Waals surface area contributed by atoms with Crippen molar-refractivity contribution in [2.24, 2.45) is 0 Å². The lowest BCUT2D eigenvalue weighted by Crippen LogP contribution is -2.33. The first kappa shape index (κ1) is 44.5. The number of rotatable bonds is 11. The van der Waals surface area contributed by atoms with E-state index >= 15 is 0 Å². The number of fused-ring (bicyclic) bond motifs is 8. The number of aliphatic hydroxyl groups excluding tert-OH is 1. The van der Waals surface area contributed by atoms with E-state index in [1.165, 1.54) is 13.1 Å². The predicted molar refractivity (Wildman–Crippen MR) is 265 cm³/mol. The molecule has 0 amide bonds. The monoisotopic (exact) mass is 951 g/mol. The Morgan fingerprint density at radius 3 is 1.63 bits per heavy atom. The topological polar surface area (TPSA) is 236 Å². The van der Waals surface area contributed by atoms with Gasteiger partial charge in [0.2, 0.25) is 0 Å². The molecule has 3 aliphatic heterocycles. The molecule has 0 aliphatic carbocycles. The summed E-state index contributed by atoms with van der Waals surface area (Å²) in [5.74, 6) is 0. The number of phosphoric ester groups is 1. The minimum Gasteiger partial charge on any atom is -0.390 e. The third kappa shape index (κ3) is 8.80.